The second-order valence-electron chi connectivity index (χ2n) is 11.9. The summed E-state index contributed by atoms with van der Waals surface area (Å²) in [4.78, 5) is 31.8. The third-order valence-electron chi connectivity index (χ3n) is 7.72. The molecule has 0 heterocycles. The van der Waals surface area contributed by atoms with Gasteiger partial charge < -0.3 is 15.3 Å². The first-order chi connectivity index (χ1) is 23.1. The SMILES string of the molecule is CC#Cc1cc(C(=O)NC(Cc2ccccc2)C(O)CN(CCCC)NS(=O)(=O)Cc2ccccc2)cc(C(=O)N(CCC)CCC)c1. The molecule has 3 aromatic carbocycles. The Morgan fingerprint density at radius 2 is 1.44 bits per heavy atom. The first kappa shape index (κ1) is 38.4. The van der Waals surface area contributed by atoms with Gasteiger partial charge in [-0.2, -0.15) is 0 Å². The summed E-state index contributed by atoms with van der Waals surface area (Å²) in [5.74, 6) is 4.99. The van der Waals surface area contributed by atoms with E-state index < -0.39 is 28.1 Å². The number of hydrogen-bond donors (Lipinski definition) is 3. The molecule has 48 heavy (non-hydrogen) atoms. The van der Waals surface area contributed by atoms with Crippen LogP contribution in [0.5, 0.6) is 0 Å². The minimum absolute atomic E-state index is 0.0557. The summed E-state index contributed by atoms with van der Waals surface area (Å²) < 4.78 is 26.3. The number of nitrogens with one attached hydrogen (secondary N) is 2. The lowest BCUT2D eigenvalue weighted by atomic mass is 9.99. The Kier molecular flexibility index (Phi) is 15.8. The predicted molar refractivity (Wildman–Crippen MR) is 192 cm³/mol. The van der Waals surface area contributed by atoms with Crippen LogP contribution >= 0.6 is 0 Å². The van der Waals surface area contributed by atoms with Crippen LogP contribution in [-0.2, 0) is 22.2 Å². The summed E-state index contributed by atoms with van der Waals surface area (Å²) in [6.07, 6.45) is 2.30. The summed E-state index contributed by atoms with van der Waals surface area (Å²) in [6, 6.07) is 22.5. The molecule has 0 saturated carbocycles. The molecule has 3 rings (SSSR count). The van der Waals surface area contributed by atoms with Gasteiger partial charge >= 0.3 is 0 Å². The first-order valence-corrected chi connectivity index (χ1v) is 18.4. The van der Waals surface area contributed by atoms with Gasteiger partial charge in [0.15, 0.2) is 0 Å². The van der Waals surface area contributed by atoms with Gasteiger partial charge in [-0.15, -0.1) is 10.8 Å². The zero-order valence-corrected chi connectivity index (χ0v) is 29.4. The van der Waals surface area contributed by atoms with Gasteiger partial charge in [0.25, 0.3) is 11.8 Å². The van der Waals surface area contributed by atoms with E-state index in [0.29, 0.717) is 49.2 Å². The van der Waals surface area contributed by atoms with E-state index >= 15 is 0 Å². The zero-order chi connectivity index (χ0) is 34.9. The lowest BCUT2D eigenvalue weighted by Crippen LogP contribution is -2.53. The molecule has 9 nitrogen and oxygen atoms in total. The first-order valence-electron chi connectivity index (χ1n) is 16.8. The van der Waals surface area contributed by atoms with Gasteiger partial charge in [0.1, 0.15) is 0 Å². The number of nitrogens with zero attached hydrogens (tertiary/aromatic N) is 2. The van der Waals surface area contributed by atoms with Crippen LogP contribution in [0, 0.1) is 11.8 Å². The quantitative estimate of drug-likeness (QED) is 0.120. The second kappa shape index (κ2) is 19.7. The Morgan fingerprint density at radius 1 is 0.833 bits per heavy atom. The minimum Gasteiger partial charge on any atom is -0.390 e. The van der Waals surface area contributed by atoms with Gasteiger partial charge in [-0.1, -0.05) is 93.8 Å². The highest BCUT2D eigenvalue weighted by molar-refractivity contribution is 7.88. The molecular weight excluding hydrogens is 625 g/mol. The molecule has 2 unspecified atom stereocenters. The van der Waals surface area contributed by atoms with E-state index in [1.807, 2.05) is 57.2 Å². The van der Waals surface area contributed by atoms with Crippen molar-refractivity contribution in [1.82, 2.24) is 20.1 Å². The number of hydrogen-bond acceptors (Lipinski definition) is 6. The van der Waals surface area contributed by atoms with Gasteiger partial charge in [0.05, 0.1) is 17.9 Å². The largest absolute Gasteiger partial charge is 0.390 e. The number of unbranched alkanes of at least 4 members (excludes halogenated alkanes) is 1. The molecule has 2 atom stereocenters. The fraction of sp³-hybridized carbons (Fsp3) is 0.421. The van der Waals surface area contributed by atoms with Crippen LogP contribution in [0.15, 0.2) is 78.9 Å². The monoisotopic (exact) mass is 674 g/mol. The Morgan fingerprint density at radius 3 is 2.02 bits per heavy atom. The molecular formula is C38H50N4O5S. The summed E-state index contributed by atoms with van der Waals surface area (Å²) in [7, 11) is -3.77. The number of aliphatic hydroxyl groups excluding tert-OH is 1. The smallest absolute Gasteiger partial charge is 0.253 e. The summed E-state index contributed by atoms with van der Waals surface area (Å²) in [6.45, 7) is 9.26. The zero-order valence-electron chi connectivity index (χ0n) is 28.6. The highest BCUT2D eigenvalue weighted by Gasteiger charge is 2.27. The maximum absolute atomic E-state index is 13.9. The van der Waals surface area contributed by atoms with Gasteiger partial charge in [-0.05, 0) is 61.9 Å². The second-order valence-corrected chi connectivity index (χ2v) is 13.6. The van der Waals surface area contributed by atoms with Crippen molar-refractivity contribution >= 4 is 21.8 Å². The summed E-state index contributed by atoms with van der Waals surface area (Å²) >= 11 is 0. The lowest BCUT2D eigenvalue weighted by molar-refractivity contribution is 0.0614. The third-order valence-corrected chi connectivity index (χ3v) is 8.97. The fourth-order valence-electron chi connectivity index (χ4n) is 5.44. The molecule has 0 bridgehead atoms. The van der Waals surface area contributed by atoms with Crippen LogP contribution in [0.4, 0.5) is 0 Å². The van der Waals surface area contributed by atoms with E-state index in [-0.39, 0.29) is 23.8 Å². The molecule has 0 aliphatic rings. The number of rotatable bonds is 19. The van der Waals surface area contributed by atoms with Gasteiger partial charge in [-0.3, -0.25) is 9.59 Å². The van der Waals surface area contributed by atoms with Crippen LogP contribution in [0.3, 0.4) is 0 Å². The van der Waals surface area contributed by atoms with E-state index in [0.717, 1.165) is 24.8 Å². The molecule has 0 aliphatic heterocycles. The average Bonchev–Trinajstić information content (AvgIpc) is 3.07. The van der Waals surface area contributed by atoms with Crippen molar-refractivity contribution in [2.75, 3.05) is 26.2 Å². The van der Waals surface area contributed by atoms with Crippen LogP contribution in [-0.4, -0.2) is 73.6 Å². The molecule has 0 aliphatic carbocycles. The highest BCUT2D eigenvalue weighted by atomic mass is 32.2. The molecule has 10 heteroatoms. The fourth-order valence-corrected chi connectivity index (χ4v) is 6.69. The van der Waals surface area contributed by atoms with Gasteiger partial charge in [0.2, 0.25) is 10.0 Å². The van der Waals surface area contributed by atoms with Crippen molar-refractivity contribution in [3.8, 4) is 11.8 Å². The van der Waals surface area contributed by atoms with E-state index in [9.17, 15) is 23.1 Å². The van der Waals surface area contributed by atoms with Crippen LogP contribution < -0.4 is 10.1 Å². The Hall–Kier alpha value is -4.01. The third kappa shape index (κ3) is 12.5. The van der Waals surface area contributed by atoms with E-state index in [4.69, 9.17) is 0 Å². The van der Waals surface area contributed by atoms with Crippen molar-refractivity contribution in [2.24, 2.45) is 0 Å². The number of aliphatic hydroxyl groups is 1. The molecule has 0 saturated heterocycles. The lowest BCUT2D eigenvalue weighted by Gasteiger charge is -2.30. The number of amides is 2. The molecule has 258 valence electrons. The highest BCUT2D eigenvalue weighted by Crippen LogP contribution is 2.16. The van der Waals surface area contributed by atoms with E-state index in [1.165, 1.54) is 5.01 Å². The van der Waals surface area contributed by atoms with Crippen molar-refractivity contribution in [3.63, 3.8) is 0 Å². The van der Waals surface area contributed by atoms with Gasteiger partial charge in [0, 0.05) is 42.9 Å². The summed E-state index contributed by atoms with van der Waals surface area (Å²) in [5, 5.41) is 16.1. The van der Waals surface area contributed by atoms with Crippen molar-refractivity contribution < 1.29 is 23.1 Å². The number of sulfonamides is 1. The van der Waals surface area contributed by atoms with E-state index in [1.54, 1.807) is 54.3 Å². The maximum Gasteiger partial charge on any atom is 0.253 e. The molecule has 0 aromatic heterocycles. The number of carbonyl (C=O) groups excluding carboxylic acids is 2. The predicted octanol–water partition coefficient (Wildman–Crippen LogP) is 5.16. The number of carbonyl (C=O) groups is 2. The van der Waals surface area contributed by atoms with E-state index in [2.05, 4.69) is 22.0 Å². The topological polar surface area (TPSA) is 119 Å². The molecule has 3 aromatic rings. The van der Waals surface area contributed by atoms with Crippen molar-refractivity contribution in [1.29, 1.82) is 0 Å². The maximum atomic E-state index is 13.9. The molecule has 0 spiro atoms. The molecule has 0 fully saturated rings. The average molecular weight is 675 g/mol. The standard InChI is InChI=1S/C38H50N4O5S/c1-5-9-23-42(40-48(46,47)29-31-19-14-11-15-20-31)28-36(43)35(26-30-17-12-10-13-18-30)39-37(44)33-24-32(16-6-2)25-34(27-33)38(45)41(21-7-3)22-8-4/h10-15,17-20,24-25,27,35-36,40,43H,5,7-9,21-23,26,28-29H2,1-4H3,(H,39,44). The molecule has 3 N–H and O–H groups in total. The molecule has 2 amide bonds. The van der Waals surface area contributed by atoms with Crippen molar-refractivity contribution in [2.45, 2.75) is 77.7 Å². The van der Waals surface area contributed by atoms with Crippen molar-refractivity contribution in [3.05, 3.63) is 107 Å². The van der Waals surface area contributed by atoms with Crippen LogP contribution in [0.2, 0.25) is 0 Å². The van der Waals surface area contributed by atoms with Gasteiger partial charge in [-0.25, -0.2) is 13.4 Å². The summed E-state index contributed by atoms with van der Waals surface area (Å²) in [5.41, 5.74) is 2.71. The Bertz CT molecular complexity index is 1610. The van der Waals surface area contributed by atoms with Crippen LogP contribution in [0.25, 0.3) is 0 Å². The Labute approximate surface area is 286 Å². The minimum atomic E-state index is -3.77. The number of benzene rings is 3. The number of hydrazine groups is 1. The Balaban J connectivity index is 1.90. The normalized spacial score (nSPS) is 12.5. The van der Waals surface area contributed by atoms with Crippen LogP contribution in [0.1, 0.15) is 90.8 Å². The molecule has 0 radical (unpaired) electrons.